The highest BCUT2D eigenvalue weighted by Gasteiger charge is 2.26. The quantitative estimate of drug-likeness (QED) is 0.720. The van der Waals surface area contributed by atoms with Crippen LogP contribution in [-0.4, -0.2) is 28.1 Å². The molecule has 3 rings (SSSR count). The van der Waals surface area contributed by atoms with E-state index in [1.807, 2.05) is 6.92 Å². The Morgan fingerprint density at radius 3 is 2.63 bits per heavy atom. The Labute approximate surface area is 160 Å². The summed E-state index contributed by atoms with van der Waals surface area (Å²) < 4.78 is 13.8. The van der Waals surface area contributed by atoms with Crippen LogP contribution >= 0.6 is 11.3 Å². The lowest BCUT2D eigenvalue weighted by Gasteiger charge is -2.26. The van der Waals surface area contributed by atoms with Crippen molar-refractivity contribution in [1.29, 1.82) is 0 Å². The monoisotopic (exact) mass is 391 g/mol. The molecule has 1 fully saturated rings. The molecule has 0 atom stereocenters. The first-order valence-corrected chi connectivity index (χ1v) is 9.74. The highest BCUT2D eigenvalue weighted by atomic mass is 32.1. The van der Waals surface area contributed by atoms with Crippen LogP contribution in [0, 0.1) is 18.7 Å². The number of anilines is 1. The van der Waals surface area contributed by atoms with Crippen LogP contribution < -0.4 is 10.6 Å². The fourth-order valence-corrected chi connectivity index (χ4v) is 4.24. The van der Waals surface area contributed by atoms with Crippen LogP contribution in [0.25, 0.3) is 0 Å². The predicted octanol–water partition coefficient (Wildman–Crippen LogP) is 3.95. The molecule has 144 valence electrons. The number of aryl methyl sites for hydroxylation is 1. The summed E-state index contributed by atoms with van der Waals surface area (Å²) in [4.78, 5) is 28.4. The number of benzene rings is 1. The van der Waals surface area contributed by atoms with Crippen LogP contribution in [0.5, 0.6) is 0 Å². The molecule has 2 amide bonds. The van der Waals surface area contributed by atoms with E-state index < -0.39 is 5.97 Å². The van der Waals surface area contributed by atoms with E-state index in [0.717, 1.165) is 10.6 Å². The molecule has 1 saturated carbocycles. The van der Waals surface area contributed by atoms with Crippen LogP contribution in [0.3, 0.4) is 0 Å². The minimum absolute atomic E-state index is 0.0282. The second-order valence-electron chi connectivity index (χ2n) is 6.78. The zero-order valence-corrected chi connectivity index (χ0v) is 15.8. The van der Waals surface area contributed by atoms with Crippen molar-refractivity contribution < 1.29 is 19.1 Å². The Bertz CT molecular complexity index is 831. The largest absolute Gasteiger partial charge is 0.481 e. The summed E-state index contributed by atoms with van der Waals surface area (Å²) in [5.74, 6) is -1.33. The first kappa shape index (κ1) is 19.3. The molecule has 0 aliphatic heterocycles. The molecule has 0 unspecified atom stereocenters. The number of hydrogen-bond donors (Lipinski definition) is 3. The summed E-state index contributed by atoms with van der Waals surface area (Å²) in [6, 6.07) is 6.23. The Morgan fingerprint density at radius 1 is 1.26 bits per heavy atom. The molecule has 3 N–H and O–H groups in total. The van der Waals surface area contributed by atoms with E-state index in [0.29, 0.717) is 42.8 Å². The van der Waals surface area contributed by atoms with E-state index >= 15 is 0 Å². The van der Waals surface area contributed by atoms with Gasteiger partial charge >= 0.3 is 12.0 Å². The van der Waals surface area contributed by atoms with Crippen LogP contribution in [0.1, 0.15) is 41.8 Å². The third-order valence-corrected chi connectivity index (χ3v) is 5.91. The number of rotatable bonds is 5. The first-order chi connectivity index (χ1) is 12.9. The second kappa shape index (κ2) is 8.47. The van der Waals surface area contributed by atoms with Gasteiger partial charge in [-0.05, 0) is 44.2 Å². The van der Waals surface area contributed by atoms with Gasteiger partial charge in [-0.25, -0.2) is 14.2 Å². The van der Waals surface area contributed by atoms with Gasteiger partial charge in [0, 0.05) is 17.3 Å². The SMILES string of the molecule is Cc1nc(NC(=O)NC2CCC(C(=O)O)CC2)sc1Cc1ccccc1F. The zero-order chi connectivity index (χ0) is 19.4. The number of carboxylic acid groups (broad SMARTS) is 1. The Kier molecular flexibility index (Phi) is 6.05. The number of thiazole rings is 1. The van der Waals surface area contributed by atoms with Gasteiger partial charge in [0.2, 0.25) is 0 Å². The minimum atomic E-state index is -0.765. The molecule has 0 spiro atoms. The molecule has 0 radical (unpaired) electrons. The van der Waals surface area contributed by atoms with Crippen molar-refractivity contribution in [3.63, 3.8) is 0 Å². The average Bonchev–Trinajstić information content (AvgIpc) is 2.96. The lowest BCUT2D eigenvalue weighted by atomic mass is 9.86. The molecule has 0 saturated heterocycles. The maximum absolute atomic E-state index is 13.8. The topological polar surface area (TPSA) is 91.3 Å². The number of nitrogens with zero attached hydrogens (tertiary/aromatic N) is 1. The molecule has 1 aliphatic carbocycles. The summed E-state index contributed by atoms with van der Waals surface area (Å²) in [5.41, 5.74) is 1.36. The number of aromatic nitrogens is 1. The fourth-order valence-electron chi connectivity index (χ4n) is 3.26. The minimum Gasteiger partial charge on any atom is -0.481 e. The summed E-state index contributed by atoms with van der Waals surface area (Å²) in [6.45, 7) is 1.84. The highest BCUT2D eigenvalue weighted by Crippen LogP contribution is 2.27. The molecule has 6 nitrogen and oxygen atoms in total. The van der Waals surface area contributed by atoms with Crippen molar-refractivity contribution in [2.75, 3.05) is 5.32 Å². The van der Waals surface area contributed by atoms with Gasteiger partial charge in [-0.2, -0.15) is 0 Å². The van der Waals surface area contributed by atoms with Crippen molar-refractivity contribution in [3.05, 3.63) is 46.2 Å². The zero-order valence-electron chi connectivity index (χ0n) is 15.0. The lowest BCUT2D eigenvalue weighted by Crippen LogP contribution is -2.40. The van der Waals surface area contributed by atoms with Crippen molar-refractivity contribution in [3.8, 4) is 0 Å². The molecule has 27 heavy (non-hydrogen) atoms. The summed E-state index contributed by atoms with van der Waals surface area (Å²) in [6.07, 6.45) is 2.88. The average molecular weight is 391 g/mol. The van der Waals surface area contributed by atoms with Crippen LogP contribution in [-0.2, 0) is 11.2 Å². The number of carbonyl (C=O) groups is 2. The van der Waals surface area contributed by atoms with Crippen LogP contribution in [0.2, 0.25) is 0 Å². The summed E-state index contributed by atoms with van der Waals surface area (Å²) in [7, 11) is 0. The number of aliphatic carboxylic acids is 1. The van der Waals surface area contributed by atoms with Crippen molar-refractivity contribution in [2.45, 2.75) is 45.1 Å². The van der Waals surface area contributed by atoms with Gasteiger partial charge in [0.05, 0.1) is 11.6 Å². The molecule has 1 aromatic heterocycles. The van der Waals surface area contributed by atoms with Crippen molar-refractivity contribution in [1.82, 2.24) is 10.3 Å². The van der Waals surface area contributed by atoms with E-state index in [4.69, 9.17) is 5.11 Å². The first-order valence-electron chi connectivity index (χ1n) is 8.92. The molecule has 1 heterocycles. The van der Waals surface area contributed by atoms with E-state index in [1.165, 1.54) is 17.4 Å². The Balaban J connectivity index is 1.54. The van der Waals surface area contributed by atoms with Crippen molar-refractivity contribution in [2.24, 2.45) is 5.92 Å². The smallest absolute Gasteiger partial charge is 0.321 e. The Morgan fingerprint density at radius 2 is 1.96 bits per heavy atom. The second-order valence-corrected chi connectivity index (χ2v) is 7.86. The third-order valence-electron chi connectivity index (χ3n) is 4.83. The number of carbonyl (C=O) groups excluding carboxylic acids is 1. The molecule has 2 aromatic rings. The van der Waals surface area contributed by atoms with Crippen molar-refractivity contribution >= 4 is 28.5 Å². The van der Waals surface area contributed by atoms with E-state index in [1.54, 1.807) is 18.2 Å². The molecule has 8 heteroatoms. The van der Waals surface area contributed by atoms with Gasteiger partial charge in [-0.15, -0.1) is 11.3 Å². The van der Waals surface area contributed by atoms with E-state index in [-0.39, 0.29) is 23.8 Å². The number of amides is 2. The Hall–Kier alpha value is -2.48. The molecule has 1 aromatic carbocycles. The maximum Gasteiger partial charge on any atom is 0.321 e. The van der Waals surface area contributed by atoms with Crippen LogP contribution in [0.15, 0.2) is 24.3 Å². The number of halogens is 1. The summed E-state index contributed by atoms with van der Waals surface area (Å²) >= 11 is 1.33. The van der Waals surface area contributed by atoms with Gasteiger partial charge in [-0.3, -0.25) is 10.1 Å². The number of urea groups is 1. The fraction of sp³-hybridized carbons (Fsp3) is 0.421. The third kappa shape index (κ3) is 5.03. The van der Waals surface area contributed by atoms with E-state index in [2.05, 4.69) is 15.6 Å². The molecule has 0 bridgehead atoms. The number of hydrogen-bond acceptors (Lipinski definition) is 4. The van der Waals surface area contributed by atoms with E-state index in [9.17, 15) is 14.0 Å². The molecular weight excluding hydrogens is 369 g/mol. The highest BCUT2D eigenvalue weighted by molar-refractivity contribution is 7.15. The van der Waals surface area contributed by atoms with Gasteiger partial charge in [-0.1, -0.05) is 18.2 Å². The van der Waals surface area contributed by atoms with Gasteiger partial charge in [0.25, 0.3) is 0 Å². The van der Waals surface area contributed by atoms with Gasteiger partial charge in [0.15, 0.2) is 5.13 Å². The predicted molar refractivity (Wildman–Crippen MR) is 102 cm³/mol. The summed E-state index contributed by atoms with van der Waals surface area (Å²) in [5, 5.41) is 15.1. The van der Waals surface area contributed by atoms with Gasteiger partial charge < -0.3 is 10.4 Å². The van der Waals surface area contributed by atoms with Gasteiger partial charge in [0.1, 0.15) is 5.82 Å². The number of carboxylic acids is 1. The molecule has 1 aliphatic rings. The standard InChI is InChI=1S/C19H22FN3O3S/c1-11-16(10-13-4-2-3-5-15(13)20)27-19(21-11)23-18(26)22-14-8-6-12(7-9-14)17(24)25/h2-5,12,14H,6-10H2,1H3,(H,24,25)(H2,21,22,23,26). The molecular formula is C19H22FN3O3S. The lowest BCUT2D eigenvalue weighted by molar-refractivity contribution is -0.142. The van der Waals surface area contributed by atoms with Crippen LogP contribution in [0.4, 0.5) is 14.3 Å². The normalized spacial score (nSPS) is 19.5. The number of nitrogens with one attached hydrogen (secondary N) is 2. The maximum atomic E-state index is 13.8.